The van der Waals surface area contributed by atoms with Gasteiger partial charge in [0.25, 0.3) is 5.91 Å². The second-order valence-electron chi connectivity index (χ2n) is 6.48. The van der Waals surface area contributed by atoms with Crippen LogP contribution in [0.5, 0.6) is 0 Å². The van der Waals surface area contributed by atoms with Gasteiger partial charge in [-0.1, -0.05) is 32.0 Å². The highest BCUT2D eigenvalue weighted by Gasteiger charge is 2.09. The van der Waals surface area contributed by atoms with E-state index in [0.717, 1.165) is 17.1 Å². The van der Waals surface area contributed by atoms with Gasteiger partial charge in [-0.3, -0.25) is 9.78 Å². The van der Waals surface area contributed by atoms with Crippen molar-refractivity contribution in [2.45, 2.75) is 19.8 Å². The summed E-state index contributed by atoms with van der Waals surface area (Å²) >= 11 is 0. The van der Waals surface area contributed by atoms with E-state index in [0.29, 0.717) is 17.2 Å². The molecule has 0 aliphatic heterocycles. The Kier molecular flexibility index (Phi) is 5.48. The number of anilines is 3. The number of pyridine rings is 1. The molecule has 1 amide bonds. The number of benzene rings is 2. The van der Waals surface area contributed by atoms with Crippen LogP contribution in [-0.4, -0.2) is 10.9 Å². The van der Waals surface area contributed by atoms with Crippen LogP contribution in [-0.2, 0) is 0 Å². The number of hydrogen-bond acceptors (Lipinski definition) is 4. The molecule has 1 aromatic heterocycles. The molecule has 5 heteroatoms. The van der Waals surface area contributed by atoms with Crippen molar-refractivity contribution in [3.63, 3.8) is 0 Å². The lowest BCUT2D eigenvalue weighted by atomic mass is 10.0. The first-order valence-electron chi connectivity index (χ1n) is 8.70. The number of carbonyl (C=O) groups excluding carboxylic acids is 1. The molecule has 27 heavy (non-hydrogen) atoms. The molecule has 3 rings (SSSR count). The Labute approximate surface area is 158 Å². The first-order chi connectivity index (χ1) is 13.0. The summed E-state index contributed by atoms with van der Waals surface area (Å²) in [5.74, 6) is 0.167. The molecule has 3 aromatic rings. The monoisotopic (exact) mass is 356 g/mol. The van der Waals surface area contributed by atoms with Crippen molar-refractivity contribution in [2.75, 3.05) is 10.6 Å². The van der Waals surface area contributed by atoms with Gasteiger partial charge in [0.1, 0.15) is 5.69 Å². The molecule has 1 heterocycles. The Bertz CT molecular complexity index is 988. The maximum atomic E-state index is 12.5. The smallest absolute Gasteiger partial charge is 0.274 e. The van der Waals surface area contributed by atoms with E-state index >= 15 is 0 Å². The zero-order valence-electron chi connectivity index (χ0n) is 15.2. The van der Waals surface area contributed by atoms with E-state index in [1.165, 1.54) is 5.56 Å². The van der Waals surface area contributed by atoms with Crippen molar-refractivity contribution in [1.82, 2.24) is 4.98 Å². The van der Waals surface area contributed by atoms with E-state index in [4.69, 9.17) is 5.26 Å². The minimum atomic E-state index is -0.276. The molecule has 0 fully saturated rings. The molecule has 0 bridgehead atoms. The zero-order chi connectivity index (χ0) is 19.2. The second kappa shape index (κ2) is 8.15. The summed E-state index contributed by atoms with van der Waals surface area (Å²) in [7, 11) is 0. The van der Waals surface area contributed by atoms with Gasteiger partial charge in [0.05, 0.1) is 11.6 Å². The Morgan fingerprint density at radius 3 is 2.44 bits per heavy atom. The maximum Gasteiger partial charge on any atom is 0.274 e. The SMILES string of the molecule is CC(C)c1ccc(NC(=O)c2cc(Nc3cccc(C#N)c3)ccn2)cc1. The van der Waals surface area contributed by atoms with Gasteiger partial charge in [0, 0.05) is 23.3 Å². The third-order valence-corrected chi connectivity index (χ3v) is 4.11. The van der Waals surface area contributed by atoms with Crippen LogP contribution in [0, 0.1) is 11.3 Å². The molecule has 0 aliphatic rings. The Hall–Kier alpha value is -3.65. The van der Waals surface area contributed by atoms with E-state index in [1.807, 2.05) is 30.3 Å². The molecular formula is C22H20N4O. The highest BCUT2D eigenvalue weighted by molar-refractivity contribution is 6.03. The molecule has 0 unspecified atom stereocenters. The van der Waals surface area contributed by atoms with Crippen molar-refractivity contribution >= 4 is 23.0 Å². The van der Waals surface area contributed by atoms with E-state index in [-0.39, 0.29) is 5.91 Å². The fourth-order valence-corrected chi connectivity index (χ4v) is 2.61. The van der Waals surface area contributed by atoms with Crippen molar-refractivity contribution in [3.05, 3.63) is 83.7 Å². The number of carbonyl (C=O) groups is 1. The average Bonchev–Trinajstić information content (AvgIpc) is 2.68. The van der Waals surface area contributed by atoms with Crippen LogP contribution in [0.15, 0.2) is 66.9 Å². The van der Waals surface area contributed by atoms with E-state index in [1.54, 1.807) is 36.5 Å². The lowest BCUT2D eigenvalue weighted by Gasteiger charge is -2.10. The topological polar surface area (TPSA) is 77.8 Å². The van der Waals surface area contributed by atoms with E-state index in [2.05, 4.69) is 35.5 Å². The van der Waals surface area contributed by atoms with Crippen LogP contribution >= 0.6 is 0 Å². The minimum absolute atomic E-state index is 0.276. The molecule has 0 saturated heterocycles. The van der Waals surface area contributed by atoms with Crippen LogP contribution in [0.25, 0.3) is 0 Å². The van der Waals surface area contributed by atoms with Gasteiger partial charge in [0.15, 0.2) is 0 Å². The predicted octanol–water partition coefficient (Wildman–Crippen LogP) is 5.07. The first-order valence-corrected chi connectivity index (χ1v) is 8.70. The number of amides is 1. The van der Waals surface area contributed by atoms with Crippen LogP contribution in [0.1, 0.15) is 41.4 Å². The molecular weight excluding hydrogens is 336 g/mol. The van der Waals surface area contributed by atoms with E-state index in [9.17, 15) is 4.79 Å². The lowest BCUT2D eigenvalue weighted by molar-refractivity contribution is 0.102. The largest absolute Gasteiger partial charge is 0.355 e. The standard InChI is InChI=1S/C22H20N4O/c1-15(2)17-6-8-18(9-7-17)26-22(27)21-13-20(10-11-24-21)25-19-5-3-4-16(12-19)14-23/h3-13,15H,1-2H3,(H,24,25)(H,26,27). The Morgan fingerprint density at radius 2 is 1.74 bits per heavy atom. The lowest BCUT2D eigenvalue weighted by Crippen LogP contribution is -2.13. The van der Waals surface area contributed by atoms with Crippen LogP contribution in [0.4, 0.5) is 17.1 Å². The fraction of sp³-hybridized carbons (Fsp3) is 0.136. The quantitative estimate of drug-likeness (QED) is 0.669. The number of nitriles is 1. The van der Waals surface area contributed by atoms with Crippen LogP contribution in [0.2, 0.25) is 0 Å². The molecule has 0 spiro atoms. The van der Waals surface area contributed by atoms with Gasteiger partial charge < -0.3 is 10.6 Å². The van der Waals surface area contributed by atoms with Gasteiger partial charge in [-0.25, -0.2) is 0 Å². The molecule has 0 saturated carbocycles. The maximum absolute atomic E-state index is 12.5. The van der Waals surface area contributed by atoms with Gasteiger partial charge >= 0.3 is 0 Å². The molecule has 2 aromatic carbocycles. The van der Waals surface area contributed by atoms with Crippen molar-refractivity contribution < 1.29 is 4.79 Å². The third kappa shape index (κ3) is 4.71. The normalized spacial score (nSPS) is 10.3. The number of nitrogens with one attached hydrogen (secondary N) is 2. The van der Waals surface area contributed by atoms with Crippen molar-refractivity contribution in [1.29, 1.82) is 5.26 Å². The van der Waals surface area contributed by atoms with Crippen LogP contribution in [0.3, 0.4) is 0 Å². The summed E-state index contributed by atoms with van der Waals surface area (Å²) in [4.78, 5) is 16.6. The molecule has 2 N–H and O–H groups in total. The molecule has 0 radical (unpaired) electrons. The van der Waals surface area contributed by atoms with Gasteiger partial charge in [-0.2, -0.15) is 5.26 Å². The fourth-order valence-electron chi connectivity index (χ4n) is 2.61. The summed E-state index contributed by atoms with van der Waals surface area (Å²) in [6, 6.07) is 20.5. The van der Waals surface area contributed by atoms with Gasteiger partial charge in [-0.05, 0) is 53.9 Å². The number of aromatic nitrogens is 1. The number of nitrogens with zero attached hydrogens (tertiary/aromatic N) is 2. The summed E-state index contributed by atoms with van der Waals surface area (Å²) in [5.41, 5.74) is 4.32. The van der Waals surface area contributed by atoms with Crippen molar-refractivity contribution in [2.24, 2.45) is 0 Å². The first kappa shape index (κ1) is 18.2. The van der Waals surface area contributed by atoms with Gasteiger partial charge in [-0.15, -0.1) is 0 Å². The average molecular weight is 356 g/mol. The Balaban J connectivity index is 1.72. The summed E-state index contributed by atoms with van der Waals surface area (Å²) in [6.45, 7) is 4.25. The summed E-state index contributed by atoms with van der Waals surface area (Å²) in [5, 5.41) is 15.0. The highest BCUT2D eigenvalue weighted by atomic mass is 16.1. The summed E-state index contributed by atoms with van der Waals surface area (Å²) < 4.78 is 0. The number of hydrogen-bond donors (Lipinski definition) is 2. The number of rotatable bonds is 5. The van der Waals surface area contributed by atoms with Crippen LogP contribution < -0.4 is 10.6 Å². The predicted molar refractivity (Wildman–Crippen MR) is 107 cm³/mol. The molecule has 5 nitrogen and oxygen atoms in total. The molecule has 0 atom stereocenters. The van der Waals surface area contributed by atoms with E-state index < -0.39 is 0 Å². The highest BCUT2D eigenvalue weighted by Crippen LogP contribution is 2.20. The Morgan fingerprint density at radius 1 is 1.00 bits per heavy atom. The third-order valence-electron chi connectivity index (χ3n) is 4.11. The minimum Gasteiger partial charge on any atom is -0.355 e. The second-order valence-corrected chi connectivity index (χ2v) is 6.48. The van der Waals surface area contributed by atoms with Gasteiger partial charge in [0.2, 0.25) is 0 Å². The summed E-state index contributed by atoms with van der Waals surface area (Å²) in [6.07, 6.45) is 1.58. The van der Waals surface area contributed by atoms with Crippen molar-refractivity contribution in [3.8, 4) is 6.07 Å². The molecule has 0 aliphatic carbocycles. The molecule has 134 valence electrons. The zero-order valence-corrected chi connectivity index (χ0v) is 15.2.